The van der Waals surface area contributed by atoms with Crippen molar-refractivity contribution >= 4 is 39.9 Å². The third-order valence-corrected chi connectivity index (χ3v) is 5.86. The van der Waals surface area contributed by atoms with Crippen LogP contribution in [0.2, 0.25) is 5.02 Å². The fourth-order valence-corrected chi connectivity index (χ4v) is 4.45. The number of ether oxygens (including phenoxy) is 2. The standard InChI is InChI=1S/C26H26ClNO5/c1-3-11-32-24-17-7-5-6-8-18(17)25(33-12-4-2)23-19(24)15-28(26(23)31)21-10-9-16(13-20(21)27)14-22(29)30/h5-10,13H,3-4,11-12,14-15H2,1-2H3,(H,29,30). The highest BCUT2D eigenvalue weighted by Gasteiger charge is 2.37. The molecule has 1 heterocycles. The van der Waals surface area contributed by atoms with E-state index in [0.29, 0.717) is 53.1 Å². The van der Waals surface area contributed by atoms with Crippen molar-refractivity contribution < 1.29 is 24.2 Å². The summed E-state index contributed by atoms with van der Waals surface area (Å²) in [5, 5.41) is 11.1. The average Bonchev–Trinajstić information content (AvgIpc) is 3.12. The maximum Gasteiger partial charge on any atom is 0.307 e. The Morgan fingerprint density at radius 1 is 1.03 bits per heavy atom. The number of nitrogens with zero attached hydrogens (tertiary/aromatic N) is 1. The van der Waals surface area contributed by atoms with Crippen LogP contribution in [-0.4, -0.2) is 30.2 Å². The van der Waals surface area contributed by atoms with Gasteiger partial charge in [-0.2, -0.15) is 0 Å². The minimum Gasteiger partial charge on any atom is -0.493 e. The van der Waals surface area contributed by atoms with Crippen molar-refractivity contribution in [1.29, 1.82) is 0 Å². The van der Waals surface area contributed by atoms with Crippen LogP contribution >= 0.6 is 11.6 Å². The molecular weight excluding hydrogens is 442 g/mol. The van der Waals surface area contributed by atoms with Crippen LogP contribution < -0.4 is 14.4 Å². The van der Waals surface area contributed by atoms with Gasteiger partial charge in [0.25, 0.3) is 5.91 Å². The molecule has 0 saturated heterocycles. The van der Waals surface area contributed by atoms with Crippen LogP contribution in [0.3, 0.4) is 0 Å². The van der Waals surface area contributed by atoms with Crippen LogP contribution in [0.25, 0.3) is 10.8 Å². The summed E-state index contributed by atoms with van der Waals surface area (Å²) in [5.74, 6) is 0.111. The number of benzene rings is 3. The number of amides is 1. The van der Waals surface area contributed by atoms with Gasteiger partial charge in [-0.25, -0.2) is 0 Å². The first-order chi connectivity index (χ1) is 16.0. The molecule has 1 amide bonds. The summed E-state index contributed by atoms with van der Waals surface area (Å²) in [6.07, 6.45) is 1.52. The van der Waals surface area contributed by atoms with Gasteiger partial charge in [0.1, 0.15) is 11.5 Å². The molecule has 7 heteroatoms. The highest BCUT2D eigenvalue weighted by atomic mass is 35.5. The van der Waals surface area contributed by atoms with Crippen LogP contribution in [0, 0.1) is 0 Å². The minimum absolute atomic E-state index is 0.135. The fraction of sp³-hybridized carbons (Fsp3) is 0.308. The third kappa shape index (κ3) is 4.35. The molecule has 6 nitrogen and oxygen atoms in total. The van der Waals surface area contributed by atoms with Crippen LogP contribution in [0.5, 0.6) is 11.5 Å². The van der Waals surface area contributed by atoms with Crippen LogP contribution in [-0.2, 0) is 17.8 Å². The van der Waals surface area contributed by atoms with Gasteiger partial charge in [0.05, 0.1) is 42.5 Å². The van der Waals surface area contributed by atoms with Crippen LogP contribution in [0.4, 0.5) is 5.69 Å². The van der Waals surface area contributed by atoms with Crippen molar-refractivity contribution in [1.82, 2.24) is 0 Å². The maximum absolute atomic E-state index is 13.7. The van der Waals surface area contributed by atoms with E-state index in [4.69, 9.17) is 26.2 Å². The van der Waals surface area contributed by atoms with Gasteiger partial charge in [0, 0.05) is 16.3 Å². The first kappa shape index (κ1) is 22.9. The fourth-order valence-electron chi connectivity index (χ4n) is 4.14. The molecule has 0 aliphatic carbocycles. The molecule has 1 aliphatic heterocycles. The Hall–Kier alpha value is -3.25. The number of fused-ring (bicyclic) bond motifs is 2. The van der Waals surface area contributed by atoms with E-state index in [0.717, 1.165) is 29.2 Å². The molecule has 0 unspecified atom stereocenters. The number of hydrogen-bond donors (Lipinski definition) is 1. The highest BCUT2D eigenvalue weighted by molar-refractivity contribution is 6.34. The second-order valence-electron chi connectivity index (χ2n) is 8.00. The number of rotatable bonds is 9. The lowest BCUT2D eigenvalue weighted by molar-refractivity contribution is -0.136. The number of carbonyl (C=O) groups is 2. The summed E-state index contributed by atoms with van der Waals surface area (Å²) in [4.78, 5) is 26.4. The first-order valence-electron chi connectivity index (χ1n) is 11.1. The van der Waals surface area contributed by atoms with Crippen molar-refractivity contribution in [3.05, 3.63) is 64.2 Å². The quantitative estimate of drug-likeness (QED) is 0.426. The molecule has 3 aromatic carbocycles. The molecule has 0 atom stereocenters. The van der Waals surface area contributed by atoms with E-state index in [2.05, 4.69) is 0 Å². The number of anilines is 1. The molecule has 0 fully saturated rings. The predicted molar refractivity (Wildman–Crippen MR) is 129 cm³/mol. The summed E-state index contributed by atoms with van der Waals surface area (Å²) >= 11 is 6.50. The van der Waals surface area contributed by atoms with Crippen molar-refractivity contribution in [2.24, 2.45) is 0 Å². The molecule has 1 N–H and O–H groups in total. The molecule has 0 saturated carbocycles. The first-order valence-corrected chi connectivity index (χ1v) is 11.5. The van der Waals surface area contributed by atoms with E-state index < -0.39 is 5.97 Å². The zero-order chi connectivity index (χ0) is 23.5. The number of carboxylic acid groups (broad SMARTS) is 1. The minimum atomic E-state index is -0.939. The summed E-state index contributed by atoms with van der Waals surface area (Å²) in [6.45, 7) is 5.37. The SMILES string of the molecule is CCCOc1c2c(c(OCCC)c3ccccc13)C(=O)N(c1ccc(CC(=O)O)cc1Cl)C2. The second-order valence-corrected chi connectivity index (χ2v) is 8.41. The van der Waals surface area contributed by atoms with E-state index >= 15 is 0 Å². The third-order valence-electron chi connectivity index (χ3n) is 5.55. The van der Waals surface area contributed by atoms with Gasteiger partial charge >= 0.3 is 5.97 Å². The average molecular weight is 468 g/mol. The smallest absolute Gasteiger partial charge is 0.307 e. The summed E-state index contributed by atoms with van der Waals surface area (Å²) in [6, 6.07) is 12.8. The van der Waals surface area contributed by atoms with E-state index in [1.54, 1.807) is 23.1 Å². The maximum atomic E-state index is 13.7. The number of aliphatic carboxylic acids is 1. The zero-order valence-electron chi connectivity index (χ0n) is 18.7. The van der Waals surface area contributed by atoms with Gasteiger partial charge < -0.3 is 19.5 Å². The predicted octanol–water partition coefficient (Wildman–Crippen LogP) is 5.86. The van der Waals surface area contributed by atoms with E-state index in [9.17, 15) is 9.59 Å². The molecule has 0 radical (unpaired) electrons. The Labute approximate surface area is 197 Å². The Morgan fingerprint density at radius 3 is 2.27 bits per heavy atom. The summed E-state index contributed by atoms with van der Waals surface area (Å²) in [7, 11) is 0. The van der Waals surface area contributed by atoms with Gasteiger partial charge in [0.2, 0.25) is 0 Å². The Bertz CT molecular complexity index is 1220. The molecular formula is C26H26ClNO5. The van der Waals surface area contributed by atoms with Crippen LogP contribution in [0.15, 0.2) is 42.5 Å². The normalized spacial score (nSPS) is 12.8. The molecule has 4 rings (SSSR count). The number of carbonyl (C=O) groups excluding carboxylic acids is 1. The summed E-state index contributed by atoms with van der Waals surface area (Å²) in [5.41, 5.74) is 2.38. The van der Waals surface area contributed by atoms with Crippen molar-refractivity contribution in [3.8, 4) is 11.5 Å². The zero-order valence-corrected chi connectivity index (χ0v) is 19.4. The van der Waals surface area contributed by atoms with Crippen molar-refractivity contribution in [2.45, 2.75) is 39.7 Å². The Morgan fingerprint density at radius 2 is 1.67 bits per heavy atom. The van der Waals surface area contributed by atoms with Gasteiger partial charge in [-0.1, -0.05) is 55.8 Å². The molecule has 0 spiro atoms. The van der Waals surface area contributed by atoms with Gasteiger partial charge in [0.15, 0.2) is 0 Å². The lowest BCUT2D eigenvalue weighted by Gasteiger charge is -2.18. The summed E-state index contributed by atoms with van der Waals surface area (Å²) < 4.78 is 12.3. The van der Waals surface area contributed by atoms with Crippen molar-refractivity contribution in [2.75, 3.05) is 18.1 Å². The monoisotopic (exact) mass is 467 g/mol. The highest BCUT2D eigenvalue weighted by Crippen LogP contribution is 2.47. The Kier molecular flexibility index (Phi) is 6.75. The lowest BCUT2D eigenvalue weighted by Crippen LogP contribution is -2.23. The molecule has 0 aromatic heterocycles. The largest absolute Gasteiger partial charge is 0.493 e. The van der Waals surface area contributed by atoms with Gasteiger partial charge in [-0.05, 0) is 30.5 Å². The number of carboxylic acids is 1. The van der Waals surface area contributed by atoms with E-state index in [1.165, 1.54) is 0 Å². The van der Waals surface area contributed by atoms with Crippen LogP contribution in [0.1, 0.15) is 48.2 Å². The molecule has 1 aliphatic rings. The molecule has 3 aromatic rings. The lowest BCUT2D eigenvalue weighted by atomic mass is 9.99. The second kappa shape index (κ2) is 9.71. The molecule has 33 heavy (non-hydrogen) atoms. The van der Waals surface area contributed by atoms with Crippen molar-refractivity contribution in [3.63, 3.8) is 0 Å². The van der Waals surface area contributed by atoms with E-state index in [-0.39, 0.29) is 12.3 Å². The number of halogens is 1. The van der Waals surface area contributed by atoms with Gasteiger partial charge in [-0.15, -0.1) is 0 Å². The topological polar surface area (TPSA) is 76.1 Å². The molecule has 172 valence electrons. The molecule has 0 bridgehead atoms. The Balaban J connectivity index is 1.85. The van der Waals surface area contributed by atoms with Gasteiger partial charge in [-0.3, -0.25) is 9.59 Å². The number of hydrogen-bond acceptors (Lipinski definition) is 4. The van der Waals surface area contributed by atoms with E-state index in [1.807, 2.05) is 38.1 Å².